The first kappa shape index (κ1) is 20.7. The molecule has 0 aromatic heterocycles. The second-order valence-electron chi connectivity index (χ2n) is 6.29. The van der Waals surface area contributed by atoms with Crippen LogP contribution in [-0.4, -0.2) is 29.8 Å². The molecule has 1 aliphatic rings. The molecule has 7 heteroatoms. The van der Waals surface area contributed by atoms with Crippen molar-refractivity contribution in [3.05, 3.63) is 65.5 Å². The van der Waals surface area contributed by atoms with Crippen LogP contribution in [0.2, 0.25) is 0 Å². The molecule has 0 bridgehead atoms. The molecule has 144 valence electrons. The molecule has 3 rings (SSSR count). The van der Waals surface area contributed by atoms with E-state index in [1.807, 2.05) is 24.3 Å². The summed E-state index contributed by atoms with van der Waals surface area (Å²) in [7, 11) is 1.62. The molecule has 2 N–H and O–H groups in total. The largest absolute Gasteiger partial charge is 0.497 e. The van der Waals surface area contributed by atoms with Crippen LogP contribution in [0.5, 0.6) is 5.75 Å². The van der Waals surface area contributed by atoms with Crippen LogP contribution in [0.15, 0.2) is 53.5 Å². The van der Waals surface area contributed by atoms with Crippen LogP contribution in [0.4, 0.5) is 4.39 Å². The Bertz CT molecular complexity index is 794. The first-order valence-electron chi connectivity index (χ1n) is 8.53. The van der Waals surface area contributed by atoms with Crippen molar-refractivity contribution in [1.82, 2.24) is 4.90 Å². The van der Waals surface area contributed by atoms with Gasteiger partial charge in [0.25, 0.3) is 0 Å². The number of hydrogen-bond donors (Lipinski definition) is 1. The number of carbonyl (C=O) groups excluding carboxylic acids is 1. The molecule has 1 saturated heterocycles. The van der Waals surface area contributed by atoms with Crippen molar-refractivity contribution in [2.75, 3.05) is 7.11 Å². The molecule has 1 heterocycles. The van der Waals surface area contributed by atoms with Gasteiger partial charge in [-0.15, -0.1) is 12.4 Å². The summed E-state index contributed by atoms with van der Waals surface area (Å²) in [4.78, 5) is 18.4. The number of rotatable bonds is 6. The summed E-state index contributed by atoms with van der Waals surface area (Å²) < 4.78 is 18.2. The highest BCUT2D eigenvalue weighted by molar-refractivity contribution is 5.93. The summed E-state index contributed by atoms with van der Waals surface area (Å²) in [5, 5.41) is 0. The van der Waals surface area contributed by atoms with Crippen LogP contribution in [0.25, 0.3) is 0 Å². The van der Waals surface area contributed by atoms with Crippen molar-refractivity contribution in [2.45, 2.75) is 32.0 Å². The van der Waals surface area contributed by atoms with Gasteiger partial charge in [-0.3, -0.25) is 9.79 Å². The zero-order valence-electron chi connectivity index (χ0n) is 15.1. The Balaban J connectivity index is 0.00000261. The lowest BCUT2D eigenvalue weighted by atomic mass is 10.1. The van der Waals surface area contributed by atoms with Crippen LogP contribution in [0.1, 0.15) is 24.0 Å². The number of benzene rings is 2. The molecule has 1 atom stereocenters. The normalized spacial score (nSPS) is 17.0. The van der Waals surface area contributed by atoms with Gasteiger partial charge in [0, 0.05) is 13.0 Å². The lowest BCUT2D eigenvalue weighted by Gasteiger charge is -2.24. The van der Waals surface area contributed by atoms with Crippen molar-refractivity contribution < 1.29 is 13.9 Å². The van der Waals surface area contributed by atoms with Crippen LogP contribution in [0.3, 0.4) is 0 Å². The summed E-state index contributed by atoms with van der Waals surface area (Å²) in [6, 6.07) is 13.6. The molecule has 0 spiro atoms. The summed E-state index contributed by atoms with van der Waals surface area (Å²) in [6.45, 7) is 0.855. The maximum Gasteiger partial charge on any atom is 0.223 e. The fourth-order valence-electron chi connectivity index (χ4n) is 3.04. The smallest absolute Gasteiger partial charge is 0.223 e. The van der Waals surface area contributed by atoms with Crippen molar-refractivity contribution >= 4 is 24.1 Å². The van der Waals surface area contributed by atoms with Crippen molar-refractivity contribution in [2.24, 2.45) is 10.7 Å². The number of methoxy groups -OCH3 is 1. The van der Waals surface area contributed by atoms with E-state index in [0.29, 0.717) is 31.8 Å². The highest BCUT2D eigenvalue weighted by Gasteiger charge is 2.33. The van der Waals surface area contributed by atoms with E-state index in [2.05, 4.69) is 4.99 Å². The fourth-order valence-corrected chi connectivity index (χ4v) is 3.04. The van der Waals surface area contributed by atoms with Crippen molar-refractivity contribution in [3.63, 3.8) is 0 Å². The number of carbonyl (C=O) groups is 1. The zero-order chi connectivity index (χ0) is 18.5. The average Bonchev–Trinajstić information content (AvgIpc) is 3.02. The zero-order valence-corrected chi connectivity index (χ0v) is 15.9. The van der Waals surface area contributed by atoms with E-state index in [4.69, 9.17) is 10.5 Å². The van der Waals surface area contributed by atoms with Gasteiger partial charge in [-0.2, -0.15) is 0 Å². The Kier molecular flexibility index (Phi) is 7.19. The number of amidine groups is 1. The van der Waals surface area contributed by atoms with E-state index < -0.39 is 0 Å². The minimum atomic E-state index is -0.293. The SMILES string of the molecule is COc1ccc(CN=C(N)[C@@H]2CCC(=O)N2Cc2ccc(F)cc2)cc1.Cl. The van der Waals surface area contributed by atoms with Crippen molar-refractivity contribution in [1.29, 1.82) is 0 Å². The number of nitrogens with two attached hydrogens (primary N) is 1. The van der Waals surface area contributed by atoms with Gasteiger partial charge >= 0.3 is 0 Å². The predicted octanol–water partition coefficient (Wildman–Crippen LogP) is 3.30. The lowest BCUT2D eigenvalue weighted by molar-refractivity contribution is -0.128. The highest BCUT2D eigenvalue weighted by Crippen LogP contribution is 2.22. The molecular formula is C20H23ClFN3O2. The van der Waals surface area contributed by atoms with E-state index in [-0.39, 0.29) is 30.2 Å². The van der Waals surface area contributed by atoms with Gasteiger partial charge in [0.05, 0.1) is 19.7 Å². The van der Waals surface area contributed by atoms with Gasteiger partial charge in [0.1, 0.15) is 17.4 Å². The van der Waals surface area contributed by atoms with E-state index in [9.17, 15) is 9.18 Å². The molecule has 2 aromatic rings. The monoisotopic (exact) mass is 391 g/mol. The molecule has 0 aliphatic carbocycles. The number of hydrogen-bond acceptors (Lipinski definition) is 3. The molecule has 0 radical (unpaired) electrons. The van der Waals surface area contributed by atoms with Crippen LogP contribution < -0.4 is 10.5 Å². The first-order valence-corrected chi connectivity index (χ1v) is 8.53. The molecule has 0 unspecified atom stereocenters. The fraction of sp³-hybridized carbons (Fsp3) is 0.300. The summed E-state index contributed by atoms with van der Waals surface area (Å²) in [5.74, 6) is 0.992. The summed E-state index contributed by atoms with van der Waals surface area (Å²) in [5.41, 5.74) is 8.07. The van der Waals surface area contributed by atoms with Gasteiger partial charge in [0.15, 0.2) is 0 Å². The van der Waals surface area contributed by atoms with Gasteiger partial charge in [-0.1, -0.05) is 24.3 Å². The Morgan fingerprint density at radius 3 is 2.44 bits per heavy atom. The second-order valence-corrected chi connectivity index (χ2v) is 6.29. The maximum absolute atomic E-state index is 13.1. The molecular weight excluding hydrogens is 369 g/mol. The molecule has 1 fully saturated rings. The minimum absolute atomic E-state index is 0. The molecule has 27 heavy (non-hydrogen) atoms. The topological polar surface area (TPSA) is 67.9 Å². The Labute approximate surface area is 164 Å². The third kappa shape index (κ3) is 5.20. The molecule has 1 amide bonds. The van der Waals surface area contributed by atoms with Gasteiger partial charge in [-0.05, 0) is 41.8 Å². The standard InChI is InChI=1S/C20H22FN3O2.ClH/c1-26-17-8-4-14(5-9-17)12-23-20(22)18-10-11-19(25)24(18)13-15-2-6-16(21)7-3-15;/h2-9,18H,10-13H2,1H3,(H2,22,23);1H/t18-;/m0./s1. The molecule has 1 aliphatic heterocycles. The Morgan fingerprint density at radius 2 is 1.81 bits per heavy atom. The number of amides is 1. The maximum atomic E-state index is 13.1. The van der Waals surface area contributed by atoms with E-state index in [0.717, 1.165) is 16.9 Å². The summed E-state index contributed by atoms with van der Waals surface area (Å²) in [6.07, 6.45) is 1.10. The molecule has 2 aromatic carbocycles. The molecule has 0 saturated carbocycles. The van der Waals surface area contributed by atoms with Crippen LogP contribution in [-0.2, 0) is 17.9 Å². The first-order chi connectivity index (χ1) is 12.6. The van der Waals surface area contributed by atoms with Gasteiger partial charge < -0.3 is 15.4 Å². The number of likely N-dealkylation sites (tertiary alicyclic amines) is 1. The van der Waals surface area contributed by atoms with E-state index in [1.165, 1.54) is 12.1 Å². The van der Waals surface area contributed by atoms with E-state index >= 15 is 0 Å². The number of nitrogens with zero attached hydrogens (tertiary/aromatic N) is 2. The third-order valence-corrected chi connectivity index (χ3v) is 4.54. The highest BCUT2D eigenvalue weighted by atomic mass is 35.5. The van der Waals surface area contributed by atoms with E-state index in [1.54, 1.807) is 24.1 Å². The number of ether oxygens (including phenoxy) is 1. The second kappa shape index (κ2) is 9.37. The van der Waals surface area contributed by atoms with Gasteiger partial charge in [-0.25, -0.2) is 4.39 Å². The summed E-state index contributed by atoms with van der Waals surface area (Å²) >= 11 is 0. The number of aliphatic imine (C=N–C) groups is 1. The quantitative estimate of drug-likeness (QED) is 0.606. The Hall–Kier alpha value is -2.60. The molecule has 5 nitrogen and oxygen atoms in total. The van der Waals surface area contributed by atoms with Crippen LogP contribution >= 0.6 is 12.4 Å². The number of halogens is 2. The van der Waals surface area contributed by atoms with Crippen LogP contribution in [0, 0.1) is 5.82 Å². The van der Waals surface area contributed by atoms with Gasteiger partial charge in [0.2, 0.25) is 5.91 Å². The average molecular weight is 392 g/mol. The predicted molar refractivity (Wildman–Crippen MR) is 106 cm³/mol. The van der Waals surface area contributed by atoms with Crippen molar-refractivity contribution in [3.8, 4) is 5.75 Å². The third-order valence-electron chi connectivity index (χ3n) is 4.54. The minimum Gasteiger partial charge on any atom is -0.497 e. The Morgan fingerprint density at radius 1 is 1.19 bits per heavy atom. The lowest BCUT2D eigenvalue weighted by Crippen LogP contribution is -2.42.